The van der Waals surface area contributed by atoms with E-state index in [1.165, 1.54) is 18.4 Å². The minimum Gasteiger partial charge on any atom is -0.379 e. The summed E-state index contributed by atoms with van der Waals surface area (Å²) in [4.78, 5) is 6.90. The monoisotopic (exact) mass is 370 g/mol. The average molecular weight is 371 g/mol. The lowest BCUT2D eigenvalue weighted by atomic mass is 10.2. The van der Waals surface area contributed by atoms with E-state index in [4.69, 9.17) is 9.73 Å². The highest BCUT2D eigenvalue weighted by Crippen LogP contribution is 2.28. The molecule has 0 saturated heterocycles. The van der Waals surface area contributed by atoms with Gasteiger partial charge in [-0.05, 0) is 31.2 Å². The maximum atomic E-state index is 5.78. The zero-order valence-electron chi connectivity index (χ0n) is 16.6. The van der Waals surface area contributed by atoms with E-state index in [2.05, 4.69) is 32.5 Å². The van der Waals surface area contributed by atoms with E-state index >= 15 is 0 Å². The molecule has 1 saturated carbocycles. The van der Waals surface area contributed by atoms with E-state index in [0.29, 0.717) is 19.7 Å². The topological polar surface area (TPSA) is 67.6 Å². The molecule has 0 bridgehead atoms. The predicted octanol–water partition coefficient (Wildman–Crippen LogP) is 2.13. The van der Waals surface area contributed by atoms with Gasteiger partial charge >= 0.3 is 0 Å². The zero-order valence-corrected chi connectivity index (χ0v) is 16.6. The van der Waals surface area contributed by atoms with Crippen LogP contribution in [-0.2, 0) is 24.9 Å². The summed E-state index contributed by atoms with van der Waals surface area (Å²) in [7, 11) is 4.02. The number of aryl methyl sites for hydroxylation is 1. The highest BCUT2D eigenvalue weighted by Gasteiger charge is 2.21. The second kappa shape index (κ2) is 9.50. The summed E-state index contributed by atoms with van der Waals surface area (Å²) in [5, 5.41) is 11.8. The number of aliphatic imine (C=N–C) groups is 1. The summed E-state index contributed by atoms with van der Waals surface area (Å²) in [5.41, 5.74) is 1.18. The van der Waals surface area contributed by atoms with E-state index in [9.17, 15) is 0 Å². The van der Waals surface area contributed by atoms with Crippen LogP contribution in [0, 0.1) is 12.8 Å². The Bertz CT molecular complexity index is 738. The standard InChI is InChI=1S/C20H30N6O/c1-16-23-24-19(26(16)3)14-22-20(21-13-17-7-5-4-6-8-17)25(2)11-12-27-15-18-9-10-18/h4-8,18H,9-15H2,1-3H3,(H,21,22). The van der Waals surface area contributed by atoms with Gasteiger partial charge in [-0.3, -0.25) is 0 Å². The molecular formula is C20H30N6O. The minimum absolute atomic E-state index is 0.582. The van der Waals surface area contributed by atoms with Gasteiger partial charge in [0.1, 0.15) is 5.82 Å². The van der Waals surface area contributed by atoms with Crippen LogP contribution >= 0.6 is 0 Å². The quantitative estimate of drug-likeness (QED) is 0.416. The molecule has 3 rings (SSSR count). The molecule has 0 unspecified atom stereocenters. The van der Waals surface area contributed by atoms with Crippen LogP contribution in [0.25, 0.3) is 0 Å². The Balaban J connectivity index is 1.58. The van der Waals surface area contributed by atoms with E-state index in [0.717, 1.165) is 36.7 Å². The van der Waals surface area contributed by atoms with Crippen molar-refractivity contribution < 1.29 is 4.74 Å². The van der Waals surface area contributed by atoms with Crippen LogP contribution in [-0.4, -0.2) is 52.4 Å². The molecule has 1 fully saturated rings. The molecule has 1 aromatic carbocycles. The minimum atomic E-state index is 0.582. The van der Waals surface area contributed by atoms with Gasteiger partial charge < -0.3 is 19.5 Å². The molecule has 0 radical (unpaired) electrons. The van der Waals surface area contributed by atoms with Crippen molar-refractivity contribution in [2.75, 3.05) is 26.8 Å². The molecule has 0 amide bonds. The number of benzene rings is 1. The van der Waals surface area contributed by atoms with E-state index < -0.39 is 0 Å². The number of nitrogens with zero attached hydrogens (tertiary/aromatic N) is 5. The summed E-state index contributed by atoms with van der Waals surface area (Å²) >= 11 is 0. The third-order valence-electron chi connectivity index (χ3n) is 4.82. The van der Waals surface area contributed by atoms with E-state index in [1.807, 2.05) is 43.8 Å². The van der Waals surface area contributed by atoms with Crippen LogP contribution in [0.2, 0.25) is 0 Å². The van der Waals surface area contributed by atoms with Crippen molar-refractivity contribution in [3.63, 3.8) is 0 Å². The van der Waals surface area contributed by atoms with Crippen LogP contribution in [0.5, 0.6) is 0 Å². The van der Waals surface area contributed by atoms with Gasteiger partial charge in [0.15, 0.2) is 11.8 Å². The fraction of sp³-hybridized carbons (Fsp3) is 0.550. The summed E-state index contributed by atoms with van der Waals surface area (Å²) < 4.78 is 7.76. The fourth-order valence-electron chi connectivity index (χ4n) is 2.67. The van der Waals surface area contributed by atoms with Crippen molar-refractivity contribution in [3.8, 4) is 0 Å². The highest BCUT2D eigenvalue weighted by molar-refractivity contribution is 5.79. The first kappa shape index (κ1) is 19.4. The first-order chi connectivity index (χ1) is 13.1. The van der Waals surface area contributed by atoms with E-state index in [-0.39, 0.29) is 0 Å². The first-order valence-corrected chi connectivity index (χ1v) is 9.59. The Labute approximate surface area is 161 Å². The van der Waals surface area contributed by atoms with Crippen molar-refractivity contribution in [3.05, 3.63) is 47.5 Å². The number of guanidine groups is 1. The molecule has 27 heavy (non-hydrogen) atoms. The lowest BCUT2D eigenvalue weighted by molar-refractivity contribution is 0.115. The number of likely N-dealkylation sites (N-methyl/N-ethyl adjacent to an activating group) is 1. The molecular weight excluding hydrogens is 340 g/mol. The maximum Gasteiger partial charge on any atom is 0.194 e. The average Bonchev–Trinajstić information content (AvgIpc) is 3.46. The fourth-order valence-corrected chi connectivity index (χ4v) is 2.67. The van der Waals surface area contributed by atoms with Crippen LogP contribution in [0.15, 0.2) is 35.3 Å². The predicted molar refractivity (Wildman–Crippen MR) is 106 cm³/mol. The Hall–Kier alpha value is -2.41. The van der Waals surface area contributed by atoms with Crippen molar-refractivity contribution in [2.24, 2.45) is 18.0 Å². The lowest BCUT2D eigenvalue weighted by Crippen LogP contribution is -2.40. The van der Waals surface area contributed by atoms with E-state index in [1.54, 1.807) is 0 Å². The second-order valence-electron chi connectivity index (χ2n) is 7.14. The SMILES string of the molecule is Cc1nnc(CNC(=NCc2ccccc2)N(C)CCOCC2CC2)n1C. The summed E-state index contributed by atoms with van der Waals surface area (Å²) in [6, 6.07) is 10.3. The van der Waals surface area contributed by atoms with Gasteiger partial charge in [-0.25, -0.2) is 4.99 Å². The number of hydrogen-bond acceptors (Lipinski definition) is 4. The van der Waals surface area contributed by atoms with Crippen molar-refractivity contribution >= 4 is 5.96 Å². The normalized spacial score (nSPS) is 14.4. The van der Waals surface area contributed by atoms with Crippen molar-refractivity contribution in [1.82, 2.24) is 25.0 Å². The second-order valence-corrected chi connectivity index (χ2v) is 7.14. The van der Waals surface area contributed by atoms with Gasteiger partial charge in [0, 0.05) is 27.2 Å². The van der Waals surface area contributed by atoms with Gasteiger partial charge in [-0.1, -0.05) is 30.3 Å². The number of nitrogens with one attached hydrogen (secondary N) is 1. The van der Waals surface area contributed by atoms with Crippen molar-refractivity contribution in [1.29, 1.82) is 0 Å². The molecule has 1 heterocycles. The number of rotatable bonds is 9. The summed E-state index contributed by atoms with van der Waals surface area (Å²) in [5.74, 6) is 3.42. The Morgan fingerprint density at radius 2 is 2.07 bits per heavy atom. The van der Waals surface area contributed by atoms with Crippen LogP contribution < -0.4 is 5.32 Å². The molecule has 7 heteroatoms. The molecule has 1 N–H and O–H groups in total. The molecule has 0 atom stereocenters. The van der Waals surface area contributed by atoms with Gasteiger partial charge in [0.2, 0.25) is 0 Å². The third kappa shape index (κ3) is 6.06. The molecule has 7 nitrogen and oxygen atoms in total. The smallest absolute Gasteiger partial charge is 0.194 e. The molecule has 0 spiro atoms. The number of aromatic nitrogens is 3. The van der Waals surface area contributed by atoms with Crippen LogP contribution in [0.3, 0.4) is 0 Å². The Morgan fingerprint density at radius 1 is 1.30 bits per heavy atom. The van der Waals surface area contributed by atoms with Gasteiger partial charge in [0.05, 0.1) is 19.7 Å². The molecule has 2 aromatic rings. The largest absolute Gasteiger partial charge is 0.379 e. The maximum absolute atomic E-state index is 5.78. The summed E-state index contributed by atoms with van der Waals surface area (Å²) in [6.45, 7) is 5.56. The third-order valence-corrected chi connectivity index (χ3v) is 4.82. The van der Waals surface area contributed by atoms with Crippen LogP contribution in [0.1, 0.15) is 30.1 Å². The Morgan fingerprint density at radius 3 is 2.74 bits per heavy atom. The molecule has 146 valence electrons. The highest BCUT2D eigenvalue weighted by atomic mass is 16.5. The lowest BCUT2D eigenvalue weighted by Gasteiger charge is -2.22. The number of ether oxygens (including phenoxy) is 1. The molecule has 1 aliphatic rings. The number of hydrogen-bond donors (Lipinski definition) is 1. The van der Waals surface area contributed by atoms with Gasteiger partial charge in [-0.15, -0.1) is 10.2 Å². The molecule has 0 aliphatic heterocycles. The van der Waals surface area contributed by atoms with Gasteiger partial charge in [0.25, 0.3) is 0 Å². The van der Waals surface area contributed by atoms with Crippen molar-refractivity contribution in [2.45, 2.75) is 32.9 Å². The first-order valence-electron chi connectivity index (χ1n) is 9.59. The Kier molecular flexibility index (Phi) is 6.81. The molecule has 1 aromatic heterocycles. The van der Waals surface area contributed by atoms with Gasteiger partial charge in [-0.2, -0.15) is 0 Å². The summed E-state index contributed by atoms with van der Waals surface area (Å²) in [6.07, 6.45) is 2.64. The zero-order chi connectivity index (χ0) is 19.1. The molecule has 1 aliphatic carbocycles. The van der Waals surface area contributed by atoms with Crippen LogP contribution in [0.4, 0.5) is 0 Å².